The van der Waals surface area contributed by atoms with Crippen molar-refractivity contribution in [1.29, 1.82) is 0 Å². The lowest BCUT2D eigenvalue weighted by Gasteiger charge is -2.03. The molecule has 10 heteroatoms. The van der Waals surface area contributed by atoms with Crippen LogP contribution >= 0.6 is 23.1 Å². The summed E-state index contributed by atoms with van der Waals surface area (Å²) in [6.45, 7) is 0. The van der Waals surface area contributed by atoms with Gasteiger partial charge in [0.2, 0.25) is 5.91 Å². The van der Waals surface area contributed by atoms with Gasteiger partial charge >= 0.3 is 0 Å². The Morgan fingerprint density at radius 2 is 2.15 bits per heavy atom. The standard InChI is InChI=1S/C16H12N4O4S2/c21-14(10-25-15-6-1-2-7-19(15)22)18-16-17-13(9-26-16)11-4-3-5-12(8-11)20(23)24/h1-9H,10H2,(H,17,18,21). The monoisotopic (exact) mass is 388 g/mol. The second-order valence-corrected chi connectivity index (χ2v) is 6.90. The van der Waals surface area contributed by atoms with Crippen molar-refractivity contribution in [3.8, 4) is 11.3 Å². The number of carbonyl (C=O) groups is 1. The lowest BCUT2D eigenvalue weighted by atomic mass is 10.1. The van der Waals surface area contributed by atoms with E-state index in [0.717, 1.165) is 11.8 Å². The SMILES string of the molecule is O=C(CSc1cccc[n+]1[O-])Nc1nc(-c2cccc([N+](=O)[O-])c2)cs1. The van der Waals surface area contributed by atoms with Gasteiger partial charge in [-0.2, -0.15) is 4.73 Å². The number of anilines is 1. The molecule has 8 nitrogen and oxygen atoms in total. The maximum atomic E-state index is 12.0. The van der Waals surface area contributed by atoms with E-state index in [2.05, 4.69) is 10.3 Å². The average molecular weight is 388 g/mol. The first-order chi connectivity index (χ1) is 12.5. The zero-order valence-electron chi connectivity index (χ0n) is 13.2. The maximum Gasteiger partial charge on any atom is 0.270 e. The van der Waals surface area contributed by atoms with Gasteiger partial charge in [-0.1, -0.05) is 12.1 Å². The third kappa shape index (κ3) is 4.35. The second-order valence-electron chi connectivity index (χ2n) is 5.05. The van der Waals surface area contributed by atoms with Gasteiger partial charge in [0, 0.05) is 35.2 Å². The van der Waals surface area contributed by atoms with Crippen molar-refractivity contribution in [1.82, 2.24) is 4.98 Å². The van der Waals surface area contributed by atoms with E-state index in [1.165, 1.54) is 29.7 Å². The highest BCUT2D eigenvalue weighted by atomic mass is 32.2. The van der Waals surface area contributed by atoms with E-state index < -0.39 is 4.92 Å². The highest BCUT2D eigenvalue weighted by Crippen LogP contribution is 2.27. The molecule has 1 aromatic carbocycles. The Labute approximate surface area is 156 Å². The number of carbonyl (C=O) groups excluding carboxylic acids is 1. The third-order valence-electron chi connectivity index (χ3n) is 3.24. The average Bonchev–Trinajstić information content (AvgIpc) is 3.09. The number of nitrogens with one attached hydrogen (secondary N) is 1. The first kappa shape index (κ1) is 17.8. The summed E-state index contributed by atoms with van der Waals surface area (Å²) in [4.78, 5) is 26.7. The molecule has 0 saturated carbocycles. The van der Waals surface area contributed by atoms with Gasteiger partial charge < -0.3 is 10.5 Å². The number of hydrogen-bond acceptors (Lipinski definition) is 7. The molecule has 26 heavy (non-hydrogen) atoms. The fraction of sp³-hybridized carbons (Fsp3) is 0.0625. The van der Waals surface area contributed by atoms with Gasteiger partial charge in [0.25, 0.3) is 10.7 Å². The summed E-state index contributed by atoms with van der Waals surface area (Å²) in [5.74, 6) is -0.225. The number of rotatable bonds is 6. The molecule has 0 aliphatic heterocycles. The van der Waals surface area contributed by atoms with Crippen molar-refractivity contribution < 1.29 is 14.4 Å². The molecule has 1 N–H and O–H groups in total. The van der Waals surface area contributed by atoms with E-state index in [-0.39, 0.29) is 17.3 Å². The van der Waals surface area contributed by atoms with E-state index in [4.69, 9.17) is 0 Å². The molecule has 2 heterocycles. The smallest absolute Gasteiger partial charge is 0.270 e. The number of nitro groups is 1. The Balaban J connectivity index is 1.63. The highest BCUT2D eigenvalue weighted by molar-refractivity contribution is 7.99. The van der Waals surface area contributed by atoms with Crippen LogP contribution in [0.3, 0.4) is 0 Å². The summed E-state index contributed by atoms with van der Waals surface area (Å²) in [5.41, 5.74) is 1.12. The van der Waals surface area contributed by atoms with Crippen LogP contribution in [0.15, 0.2) is 59.1 Å². The van der Waals surface area contributed by atoms with Crippen molar-refractivity contribution in [2.24, 2.45) is 0 Å². The summed E-state index contributed by atoms with van der Waals surface area (Å²) in [6.07, 6.45) is 1.37. The predicted octanol–water partition coefficient (Wildman–Crippen LogP) is 3.08. The largest absolute Gasteiger partial charge is 0.618 e. The minimum absolute atomic E-state index is 0.0220. The van der Waals surface area contributed by atoms with Crippen LogP contribution in [0.2, 0.25) is 0 Å². The summed E-state index contributed by atoms with van der Waals surface area (Å²) in [5, 5.41) is 27.6. The van der Waals surface area contributed by atoms with Crippen molar-refractivity contribution in [3.05, 3.63) is 69.4 Å². The first-order valence-corrected chi connectivity index (χ1v) is 9.20. The summed E-state index contributed by atoms with van der Waals surface area (Å²) < 4.78 is 0.696. The third-order valence-corrected chi connectivity index (χ3v) is 5.02. The number of non-ortho nitro benzene ring substituents is 1. The fourth-order valence-electron chi connectivity index (χ4n) is 2.06. The fourth-order valence-corrected chi connectivity index (χ4v) is 3.51. The highest BCUT2D eigenvalue weighted by Gasteiger charge is 2.13. The molecule has 0 aliphatic rings. The van der Waals surface area contributed by atoms with Crippen LogP contribution in [-0.2, 0) is 4.79 Å². The number of nitrogens with zero attached hydrogens (tertiary/aromatic N) is 3. The zero-order chi connectivity index (χ0) is 18.5. The molecule has 3 aromatic rings. The number of benzene rings is 1. The van der Waals surface area contributed by atoms with Crippen LogP contribution in [0.25, 0.3) is 11.3 Å². The number of pyridine rings is 1. The van der Waals surface area contributed by atoms with E-state index in [0.29, 0.717) is 26.1 Å². The van der Waals surface area contributed by atoms with Crippen LogP contribution < -0.4 is 10.0 Å². The molecule has 0 saturated heterocycles. The molecule has 0 atom stereocenters. The van der Waals surface area contributed by atoms with Gasteiger partial charge in [0.1, 0.15) is 0 Å². The molecule has 2 aromatic heterocycles. The zero-order valence-corrected chi connectivity index (χ0v) is 14.8. The minimum atomic E-state index is -0.471. The molecule has 0 spiro atoms. The van der Waals surface area contributed by atoms with Crippen LogP contribution in [0, 0.1) is 15.3 Å². The first-order valence-electron chi connectivity index (χ1n) is 7.34. The Morgan fingerprint density at radius 1 is 1.31 bits per heavy atom. The van der Waals surface area contributed by atoms with Crippen molar-refractivity contribution in [2.75, 3.05) is 11.1 Å². The maximum absolute atomic E-state index is 12.0. The molecule has 3 rings (SSSR count). The lowest BCUT2D eigenvalue weighted by molar-refractivity contribution is -0.645. The van der Waals surface area contributed by atoms with Crippen LogP contribution in [-0.4, -0.2) is 21.6 Å². The summed E-state index contributed by atoms with van der Waals surface area (Å²) in [7, 11) is 0. The number of thiazole rings is 1. The van der Waals surface area contributed by atoms with Crippen LogP contribution in [0.1, 0.15) is 0 Å². The topological polar surface area (TPSA) is 112 Å². The molecule has 1 amide bonds. The van der Waals surface area contributed by atoms with Crippen molar-refractivity contribution >= 4 is 39.8 Å². The minimum Gasteiger partial charge on any atom is -0.618 e. The molecular formula is C16H12N4O4S2. The molecular weight excluding hydrogens is 376 g/mol. The number of hydrogen-bond donors (Lipinski definition) is 1. The van der Waals surface area contributed by atoms with E-state index in [9.17, 15) is 20.1 Å². The normalized spacial score (nSPS) is 10.5. The Kier molecular flexibility index (Phi) is 5.44. The number of aromatic nitrogens is 2. The van der Waals surface area contributed by atoms with Crippen LogP contribution in [0.5, 0.6) is 0 Å². The lowest BCUT2D eigenvalue weighted by Crippen LogP contribution is -2.28. The van der Waals surface area contributed by atoms with Crippen molar-refractivity contribution in [2.45, 2.75) is 5.03 Å². The van der Waals surface area contributed by atoms with Gasteiger partial charge in [0.15, 0.2) is 11.3 Å². The van der Waals surface area contributed by atoms with Crippen molar-refractivity contribution in [3.63, 3.8) is 0 Å². The molecule has 0 unspecified atom stereocenters. The number of amides is 1. The molecule has 0 fully saturated rings. The molecule has 0 radical (unpaired) electrons. The Morgan fingerprint density at radius 3 is 2.92 bits per heavy atom. The van der Waals surface area contributed by atoms with Gasteiger partial charge in [0.05, 0.1) is 16.4 Å². The summed E-state index contributed by atoms with van der Waals surface area (Å²) in [6, 6.07) is 11.1. The van der Waals surface area contributed by atoms with E-state index in [1.54, 1.807) is 35.7 Å². The quantitative estimate of drug-likeness (QED) is 0.228. The van der Waals surface area contributed by atoms with E-state index in [1.807, 2.05) is 0 Å². The van der Waals surface area contributed by atoms with Gasteiger partial charge in [-0.15, -0.1) is 11.3 Å². The predicted molar refractivity (Wildman–Crippen MR) is 99.0 cm³/mol. The summed E-state index contributed by atoms with van der Waals surface area (Å²) >= 11 is 2.35. The van der Waals surface area contributed by atoms with Gasteiger partial charge in [-0.05, 0) is 17.8 Å². The van der Waals surface area contributed by atoms with Gasteiger partial charge in [-0.25, -0.2) is 4.98 Å². The van der Waals surface area contributed by atoms with Crippen LogP contribution in [0.4, 0.5) is 10.8 Å². The Hall–Kier alpha value is -2.98. The Bertz CT molecular complexity index is 961. The number of nitro benzene ring substituents is 1. The van der Waals surface area contributed by atoms with Gasteiger partial charge in [-0.3, -0.25) is 14.9 Å². The molecule has 0 aliphatic carbocycles. The second kappa shape index (κ2) is 7.93. The van der Waals surface area contributed by atoms with E-state index >= 15 is 0 Å². The number of thioether (sulfide) groups is 1. The molecule has 0 bridgehead atoms. The molecule has 132 valence electrons.